The molecule has 3 aromatic rings. The predicted octanol–water partition coefficient (Wildman–Crippen LogP) is 3.07. The Labute approximate surface area is 159 Å². The molecule has 27 heavy (non-hydrogen) atoms. The normalized spacial score (nSPS) is 20.5. The first-order valence-corrected chi connectivity index (χ1v) is 9.60. The molecule has 3 heterocycles. The van der Waals surface area contributed by atoms with Crippen LogP contribution in [0.1, 0.15) is 37.2 Å². The second-order valence-electron chi connectivity index (χ2n) is 7.55. The summed E-state index contributed by atoms with van der Waals surface area (Å²) in [5.74, 6) is 0.183. The lowest BCUT2D eigenvalue weighted by molar-refractivity contribution is -0.143. The molecule has 0 radical (unpaired) electrons. The van der Waals surface area contributed by atoms with E-state index in [1.807, 2.05) is 54.5 Å². The van der Waals surface area contributed by atoms with Gasteiger partial charge in [0, 0.05) is 29.7 Å². The number of nitrogens with zero attached hydrogens (tertiary/aromatic N) is 4. The number of amides is 1. The monoisotopic (exact) mass is 366 g/mol. The molecule has 6 heteroatoms. The van der Waals surface area contributed by atoms with Crippen LogP contribution in [0.2, 0.25) is 0 Å². The van der Waals surface area contributed by atoms with Gasteiger partial charge < -0.3 is 9.64 Å². The molecule has 0 spiro atoms. The number of morpholine rings is 1. The Kier molecular flexibility index (Phi) is 4.60. The SMILES string of the molecule is Cc1nc2c3ccccc3nn2c(C)c1CCC(=O)N1CC(C)OCC1C. The largest absolute Gasteiger partial charge is 0.375 e. The fraction of sp³-hybridized carbons (Fsp3) is 0.476. The fourth-order valence-corrected chi connectivity index (χ4v) is 3.96. The minimum atomic E-state index is 0.100. The van der Waals surface area contributed by atoms with Crippen LogP contribution in [-0.4, -0.2) is 50.7 Å². The molecule has 1 saturated heterocycles. The minimum absolute atomic E-state index is 0.100. The second kappa shape index (κ2) is 6.93. The van der Waals surface area contributed by atoms with Crippen LogP contribution < -0.4 is 0 Å². The number of fused-ring (bicyclic) bond motifs is 3. The van der Waals surface area contributed by atoms with Crippen molar-refractivity contribution < 1.29 is 9.53 Å². The molecule has 2 unspecified atom stereocenters. The van der Waals surface area contributed by atoms with Gasteiger partial charge >= 0.3 is 0 Å². The van der Waals surface area contributed by atoms with Gasteiger partial charge in [-0.05, 0) is 51.8 Å². The highest BCUT2D eigenvalue weighted by Crippen LogP contribution is 2.23. The number of aromatic nitrogens is 3. The van der Waals surface area contributed by atoms with Crippen LogP contribution >= 0.6 is 0 Å². The van der Waals surface area contributed by atoms with E-state index in [-0.39, 0.29) is 18.1 Å². The predicted molar refractivity (Wildman–Crippen MR) is 105 cm³/mol. The van der Waals surface area contributed by atoms with E-state index in [9.17, 15) is 4.79 Å². The van der Waals surface area contributed by atoms with E-state index in [1.165, 1.54) is 0 Å². The summed E-state index contributed by atoms with van der Waals surface area (Å²) in [5.41, 5.74) is 4.97. The van der Waals surface area contributed by atoms with Gasteiger partial charge in [0.25, 0.3) is 0 Å². The molecular formula is C21H26N4O2. The number of hydrogen-bond acceptors (Lipinski definition) is 4. The Morgan fingerprint density at radius 2 is 2.04 bits per heavy atom. The Bertz CT molecular complexity index is 1010. The van der Waals surface area contributed by atoms with Gasteiger partial charge in [0.2, 0.25) is 5.91 Å². The van der Waals surface area contributed by atoms with Gasteiger partial charge in [0.15, 0.2) is 5.65 Å². The van der Waals surface area contributed by atoms with E-state index in [1.54, 1.807) is 0 Å². The van der Waals surface area contributed by atoms with Crippen LogP contribution in [-0.2, 0) is 16.0 Å². The van der Waals surface area contributed by atoms with E-state index in [2.05, 4.69) is 6.92 Å². The quantitative estimate of drug-likeness (QED) is 0.715. The van der Waals surface area contributed by atoms with Crippen LogP contribution in [0.15, 0.2) is 24.3 Å². The van der Waals surface area contributed by atoms with Gasteiger partial charge in [-0.2, -0.15) is 5.10 Å². The number of aryl methyl sites for hydroxylation is 2. The molecular weight excluding hydrogens is 340 g/mol. The lowest BCUT2D eigenvalue weighted by atomic mass is 10.0. The summed E-state index contributed by atoms with van der Waals surface area (Å²) < 4.78 is 7.55. The van der Waals surface area contributed by atoms with Crippen molar-refractivity contribution in [2.24, 2.45) is 0 Å². The van der Waals surface area contributed by atoms with Gasteiger partial charge in [-0.15, -0.1) is 0 Å². The first-order valence-electron chi connectivity index (χ1n) is 9.60. The zero-order chi connectivity index (χ0) is 19.1. The molecule has 142 valence electrons. The number of carbonyl (C=O) groups is 1. The van der Waals surface area contributed by atoms with Gasteiger partial charge in [-0.1, -0.05) is 12.1 Å². The molecule has 6 nitrogen and oxygen atoms in total. The Morgan fingerprint density at radius 3 is 2.85 bits per heavy atom. The van der Waals surface area contributed by atoms with Crippen LogP contribution in [0.25, 0.3) is 16.6 Å². The zero-order valence-corrected chi connectivity index (χ0v) is 16.4. The number of rotatable bonds is 3. The van der Waals surface area contributed by atoms with Crippen molar-refractivity contribution in [3.63, 3.8) is 0 Å². The molecule has 0 aliphatic carbocycles. The second-order valence-corrected chi connectivity index (χ2v) is 7.55. The van der Waals surface area contributed by atoms with Crippen molar-refractivity contribution >= 4 is 22.5 Å². The molecule has 1 aliphatic heterocycles. The lowest BCUT2D eigenvalue weighted by Crippen LogP contribution is -2.50. The first kappa shape index (κ1) is 17.9. The highest BCUT2D eigenvalue weighted by molar-refractivity contribution is 5.92. The minimum Gasteiger partial charge on any atom is -0.375 e. The molecule has 0 N–H and O–H groups in total. The number of ether oxygens (including phenoxy) is 1. The average molecular weight is 366 g/mol. The summed E-state index contributed by atoms with van der Waals surface area (Å²) in [6.07, 6.45) is 1.25. The topological polar surface area (TPSA) is 59.7 Å². The van der Waals surface area contributed by atoms with Crippen molar-refractivity contribution in [1.82, 2.24) is 19.5 Å². The van der Waals surface area contributed by atoms with E-state index < -0.39 is 0 Å². The zero-order valence-electron chi connectivity index (χ0n) is 16.4. The number of carbonyl (C=O) groups excluding carboxylic acids is 1. The maximum Gasteiger partial charge on any atom is 0.223 e. The molecule has 1 fully saturated rings. The van der Waals surface area contributed by atoms with E-state index in [0.717, 1.165) is 33.5 Å². The van der Waals surface area contributed by atoms with Crippen molar-refractivity contribution in [3.8, 4) is 0 Å². The molecule has 0 saturated carbocycles. The lowest BCUT2D eigenvalue weighted by Gasteiger charge is -2.37. The van der Waals surface area contributed by atoms with Gasteiger partial charge in [0.05, 0.1) is 24.3 Å². The molecule has 4 rings (SSSR count). The van der Waals surface area contributed by atoms with Crippen LogP contribution in [0.5, 0.6) is 0 Å². The van der Waals surface area contributed by atoms with Gasteiger partial charge in [-0.25, -0.2) is 9.50 Å². The third-order valence-corrected chi connectivity index (χ3v) is 5.54. The van der Waals surface area contributed by atoms with Crippen molar-refractivity contribution in [2.45, 2.75) is 52.7 Å². The van der Waals surface area contributed by atoms with E-state index in [0.29, 0.717) is 26.0 Å². The summed E-state index contributed by atoms with van der Waals surface area (Å²) in [6, 6.07) is 8.18. The smallest absolute Gasteiger partial charge is 0.223 e. The Hall–Kier alpha value is -2.47. The molecule has 0 bridgehead atoms. The maximum absolute atomic E-state index is 12.8. The average Bonchev–Trinajstić information content (AvgIpc) is 3.02. The first-order chi connectivity index (χ1) is 13.0. The summed E-state index contributed by atoms with van der Waals surface area (Å²) in [7, 11) is 0. The van der Waals surface area contributed by atoms with Crippen molar-refractivity contribution in [3.05, 3.63) is 41.2 Å². The van der Waals surface area contributed by atoms with Crippen LogP contribution in [0, 0.1) is 13.8 Å². The Balaban J connectivity index is 1.60. The maximum atomic E-state index is 12.8. The molecule has 2 atom stereocenters. The highest BCUT2D eigenvalue weighted by atomic mass is 16.5. The van der Waals surface area contributed by atoms with Crippen LogP contribution in [0.4, 0.5) is 0 Å². The number of benzene rings is 1. The third kappa shape index (κ3) is 3.18. The summed E-state index contributed by atoms with van der Waals surface area (Å²) >= 11 is 0. The van der Waals surface area contributed by atoms with Crippen LogP contribution in [0.3, 0.4) is 0 Å². The molecule has 1 aromatic carbocycles. The third-order valence-electron chi connectivity index (χ3n) is 5.54. The molecule has 1 amide bonds. The van der Waals surface area contributed by atoms with Gasteiger partial charge in [-0.3, -0.25) is 4.79 Å². The number of hydrogen-bond donors (Lipinski definition) is 0. The van der Waals surface area contributed by atoms with Crippen molar-refractivity contribution in [2.75, 3.05) is 13.2 Å². The Morgan fingerprint density at radius 1 is 1.26 bits per heavy atom. The van der Waals surface area contributed by atoms with E-state index in [4.69, 9.17) is 14.8 Å². The van der Waals surface area contributed by atoms with Gasteiger partial charge in [0.1, 0.15) is 0 Å². The fourth-order valence-electron chi connectivity index (χ4n) is 3.96. The molecule has 1 aliphatic rings. The standard InChI is InChI=1S/C21H26N4O2/c1-13-12-27-14(2)11-24(13)20(26)10-9-17-15(3)22-21-18-7-5-6-8-19(18)23-25(21)16(17)4/h5-8,13-14H,9-12H2,1-4H3. The van der Waals surface area contributed by atoms with E-state index >= 15 is 0 Å². The van der Waals surface area contributed by atoms with Crippen molar-refractivity contribution in [1.29, 1.82) is 0 Å². The highest BCUT2D eigenvalue weighted by Gasteiger charge is 2.27. The summed E-state index contributed by atoms with van der Waals surface area (Å²) in [5, 5.41) is 5.76. The summed E-state index contributed by atoms with van der Waals surface area (Å²) in [4.78, 5) is 19.5. The summed E-state index contributed by atoms with van der Waals surface area (Å²) in [6.45, 7) is 9.42. The molecule has 2 aromatic heterocycles.